The van der Waals surface area contributed by atoms with E-state index in [2.05, 4.69) is 10.2 Å². The maximum Gasteiger partial charge on any atom is 0.296 e. The van der Waals surface area contributed by atoms with Crippen LogP contribution in [0.4, 0.5) is 0 Å². The van der Waals surface area contributed by atoms with Crippen molar-refractivity contribution in [3.63, 3.8) is 0 Å². The fourth-order valence-corrected chi connectivity index (χ4v) is 3.02. The number of aromatic nitrogens is 3. The quantitative estimate of drug-likeness (QED) is 0.759. The van der Waals surface area contributed by atoms with Gasteiger partial charge < -0.3 is 4.74 Å². The van der Waals surface area contributed by atoms with Crippen molar-refractivity contribution in [1.29, 1.82) is 0 Å². The third-order valence-corrected chi connectivity index (χ3v) is 4.25. The van der Waals surface area contributed by atoms with E-state index >= 15 is 0 Å². The number of benzene rings is 1. The number of nitrogens with zero attached hydrogens (tertiary/aromatic N) is 3. The lowest BCUT2D eigenvalue weighted by molar-refractivity contribution is 0.185. The number of rotatable bonds is 6. The molecule has 0 aliphatic heterocycles. The van der Waals surface area contributed by atoms with Crippen LogP contribution in [0, 0.1) is 0 Å². The summed E-state index contributed by atoms with van der Waals surface area (Å²) in [6, 6.07) is 7.66. The van der Waals surface area contributed by atoms with Gasteiger partial charge in [0.2, 0.25) is 0 Å². The van der Waals surface area contributed by atoms with Crippen molar-refractivity contribution >= 4 is 19.7 Å². The molecule has 0 aliphatic rings. The van der Waals surface area contributed by atoms with Crippen LogP contribution in [0.1, 0.15) is 12.5 Å². The van der Waals surface area contributed by atoms with Crippen LogP contribution >= 0.6 is 10.7 Å². The molecule has 0 saturated heterocycles. The maximum atomic E-state index is 11.6. The molecular weight excluding hydrogens is 314 g/mol. The molecule has 2 rings (SSSR count). The van der Waals surface area contributed by atoms with Gasteiger partial charge in [0.1, 0.15) is 0 Å². The fraction of sp³-hybridized carbons (Fsp3) is 0.385. The first-order valence-electron chi connectivity index (χ1n) is 6.44. The van der Waals surface area contributed by atoms with Gasteiger partial charge in [-0.05, 0) is 12.0 Å². The van der Waals surface area contributed by atoms with Gasteiger partial charge in [0.25, 0.3) is 14.2 Å². The highest BCUT2D eigenvalue weighted by atomic mass is 35.7. The first-order valence-corrected chi connectivity index (χ1v) is 8.75. The molecule has 2 aromatic rings. The van der Waals surface area contributed by atoms with E-state index in [4.69, 9.17) is 15.4 Å². The monoisotopic (exact) mass is 329 g/mol. The highest BCUT2D eigenvalue weighted by Crippen LogP contribution is 2.25. The highest BCUT2D eigenvalue weighted by molar-refractivity contribution is 8.13. The zero-order valence-corrected chi connectivity index (χ0v) is 13.4. The largest absolute Gasteiger partial charge is 0.383 e. The van der Waals surface area contributed by atoms with Crippen LogP contribution in [-0.2, 0) is 26.8 Å². The van der Waals surface area contributed by atoms with Gasteiger partial charge in [0.05, 0.1) is 13.2 Å². The van der Waals surface area contributed by atoms with E-state index in [1.54, 1.807) is 7.11 Å². The molecule has 1 aromatic carbocycles. The molecular formula is C13H16ClN3O3S. The van der Waals surface area contributed by atoms with Crippen molar-refractivity contribution in [2.45, 2.75) is 25.0 Å². The summed E-state index contributed by atoms with van der Waals surface area (Å²) in [5, 5.41) is 7.48. The van der Waals surface area contributed by atoms with E-state index in [9.17, 15) is 8.42 Å². The molecule has 114 valence electrons. The normalized spacial score (nSPS) is 11.8. The minimum Gasteiger partial charge on any atom is -0.383 e. The van der Waals surface area contributed by atoms with Crippen LogP contribution in [0.2, 0.25) is 0 Å². The van der Waals surface area contributed by atoms with E-state index in [1.165, 1.54) is 4.57 Å². The molecule has 0 aliphatic carbocycles. The van der Waals surface area contributed by atoms with Gasteiger partial charge in [0, 0.05) is 23.4 Å². The molecule has 0 unspecified atom stereocenters. The lowest BCUT2D eigenvalue weighted by Gasteiger charge is -2.10. The number of aryl methyl sites for hydroxylation is 1. The molecule has 0 fully saturated rings. The average molecular weight is 330 g/mol. The number of hydrogen-bond donors (Lipinski definition) is 0. The predicted octanol–water partition coefficient (Wildman–Crippen LogP) is 2.08. The van der Waals surface area contributed by atoms with Gasteiger partial charge in [-0.15, -0.1) is 10.2 Å². The summed E-state index contributed by atoms with van der Waals surface area (Å²) in [6.45, 7) is 2.66. The Morgan fingerprint density at radius 3 is 2.62 bits per heavy atom. The summed E-state index contributed by atoms with van der Waals surface area (Å²) in [5.41, 5.74) is 1.90. The summed E-state index contributed by atoms with van der Waals surface area (Å²) >= 11 is 0. The van der Waals surface area contributed by atoms with Crippen molar-refractivity contribution in [3.8, 4) is 11.4 Å². The lowest BCUT2D eigenvalue weighted by atomic mass is 10.0. The summed E-state index contributed by atoms with van der Waals surface area (Å²) in [7, 11) is 3.00. The minimum absolute atomic E-state index is 0.262. The van der Waals surface area contributed by atoms with Gasteiger partial charge in [0.15, 0.2) is 5.82 Å². The molecule has 8 heteroatoms. The Bertz CT molecular complexity index is 728. The smallest absolute Gasteiger partial charge is 0.296 e. The molecule has 1 heterocycles. The van der Waals surface area contributed by atoms with Crippen LogP contribution in [0.15, 0.2) is 29.4 Å². The molecule has 21 heavy (non-hydrogen) atoms. The third kappa shape index (κ3) is 3.42. The van der Waals surface area contributed by atoms with E-state index in [0.717, 1.165) is 17.5 Å². The molecule has 1 aromatic heterocycles. The van der Waals surface area contributed by atoms with E-state index in [0.29, 0.717) is 19.0 Å². The Balaban J connectivity index is 2.61. The first kappa shape index (κ1) is 15.9. The highest BCUT2D eigenvalue weighted by Gasteiger charge is 2.23. The zero-order chi connectivity index (χ0) is 15.5. The Labute approximate surface area is 128 Å². The van der Waals surface area contributed by atoms with Crippen molar-refractivity contribution < 1.29 is 13.2 Å². The second-order valence-corrected chi connectivity index (χ2v) is 6.86. The van der Waals surface area contributed by atoms with Gasteiger partial charge >= 0.3 is 0 Å². The first-order chi connectivity index (χ1) is 9.99. The maximum absolute atomic E-state index is 11.6. The molecule has 0 atom stereocenters. The molecule has 0 N–H and O–H groups in total. The van der Waals surface area contributed by atoms with E-state index in [-0.39, 0.29) is 5.16 Å². The molecule has 0 spiro atoms. The molecule has 0 amide bonds. The number of ether oxygens (including phenoxy) is 1. The second kappa shape index (κ2) is 6.55. The van der Waals surface area contributed by atoms with Crippen molar-refractivity contribution in [1.82, 2.24) is 14.8 Å². The molecule has 0 bridgehead atoms. The minimum atomic E-state index is -3.96. The molecule has 0 saturated carbocycles. The topological polar surface area (TPSA) is 74.1 Å². The fourth-order valence-electron chi connectivity index (χ4n) is 2.10. The summed E-state index contributed by atoms with van der Waals surface area (Å²) in [4.78, 5) is 0. The lowest BCUT2D eigenvalue weighted by Crippen LogP contribution is -2.12. The standard InChI is InChI=1S/C13H16ClN3O3S/c1-3-10-6-4-5-7-11(10)12-15-16-13(21(14,18)19)17(12)8-9-20-2/h4-7H,3,8-9H2,1-2H3. The Kier molecular flexibility index (Phi) is 4.97. The van der Waals surface area contributed by atoms with Crippen LogP contribution in [0.5, 0.6) is 0 Å². The Morgan fingerprint density at radius 1 is 1.29 bits per heavy atom. The van der Waals surface area contributed by atoms with Gasteiger partial charge in [-0.2, -0.15) is 0 Å². The second-order valence-electron chi connectivity index (χ2n) is 4.40. The predicted molar refractivity (Wildman–Crippen MR) is 79.8 cm³/mol. The van der Waals surface area contributed by atoms with Crippen LogP contribution in [-0.4, -0.2) is 36.9 Å². The van der Waals surface area contributed by atoms with E-state index in [1.807, 2.05) is 31.2 Å². The summed E-state index contributed by atoms with van der Waals surface area (Å²) < 4.78 is 29.7. The van der Waals surface area contributed by atoms with Crippen molar-refractivity contribution in [2.75, 3.05) is 13.7 Å². The SMILES string of the molecule is CCc1ccccc1-c1nnc(S(=O)(=O)Cl)n1CCOC. The van der Waals surface area contributed by atoms with Gasteiger partial charge in [-0.1, -0.05) is 31.2 Å². The summed E-state index contributed by atoms with van der Waals surface area (Å²) in [6.07, 6.45) is 0.802. The van der Waals surface area contributed by atoms with Crippen molar-refractivity contribution in [2.24, 2.45) is 0 Å². The average Bonchev–Trinajstić information content (AvgIpc) is 2.88. The van der Waals surface area contributed by atoms with Crippen LogP contribution in [0.25, 0.3) is 11.4 Å². The number of hydrogen-bond acceptors (Lipinski definition) is 5. The summed E-state index contributed by atoms with van der Waals surface area (Å²) in [5.74, 6) is 0.476. The van der Waals surface area contributed by atoms with Crippen LogP contribution in [0.3, 0.4) is 0 Å². The number of halogens is 1. The zero-order valence-electron chi connectivity index (χ0n) is 11.8. The van der Waals surface area contributed by atoms with Crippen molar-refractivity contribution in [3.05, 3.63) is 29.8 Å². The molecule has 6 nitrogen and oxygen atoms in total. The number of methoxy groups -OCH3 is 1. The molecule has 0 radical (unpaired) electrons. The third-order valence-electron chi connectivity index (χ3n) is 3.09. The van der Waals surface area contributed by atoms with Crippen LogP contribution < -0.4 is 0 Å². The Morgan fingerprint density at radius 2 is 2.00 bits per heavy atom. The van der Waals surface area contributed by atoms with Gasteiger partial charge in [-0.3, -0.25) is 4.57 Å². The van der Waals surface area contributed by atoms with E-state index < -0.39 is 9.05 Å². The van der Waals surface area contributed by atoms with Gasteiger partial charge in [-0.25, -0.2) is 8.42 Å². The Hall–Kier alpha value is -1.44.